The zero-order valence-electron chi connectivity index (χ0n) is 11.0. The van der Waals surface area contributed by atoms with Crippen molar-refractivity contribution in [1.29, 1.82) is 0 Å². The van der Waals surface area contributed by atoms with Gasteiger partial charge in [-0.1, -0.05) is 17.4 Å². The van der Waals surface area contributed by atoms with Crippen LogP contribution in [0.15, 0.2) is 33.9 Å². The van der Waals surface area contributed by atoms with Crippen LogP contribution < -0.4 is 0 Å². The fourth-order valence-electron chi connectivity index (χ4n) is 1.43. The number of thiazole rings is 1. The third kappa shape index (κ3) is 3.83. The summed E-state index contributed by atoms with van der Waals surface area (Å²) < 4.78 is 37.9. The van der Waals surface area contributed by atoms with E-state index >= 15 is 0 Å². The molecule has 10 heteroatoms. The highest BCUT2D eigenvalue weighted by Crippen LogP contribution is 2.25. The second-order valence-corrected chi connectivity index (χ2v) is 6.24. The molecule has 116 valence electrons. The average Bonchev–Trinajstić information content (AvgIpc) is 3.08. The van der Waals surface area contributed by atoms with E-state index < -0.39 is 23.8 Å². The molecule has 0 saturated carbocycles. The standard InChI is InChI=1S/C12H8F3N3O2S2/c1-6-5-16-11(22-6)18-17-8(10(20)12(13,14)15)9(19)7-3-2-4-21-7/h2-5,8H,1H3. The lowest BCUT2D eigenvalue weighted by Gasteiger charge is -2.10. The first-order valence-electron chi connectivity index (χ1n) is 5.81. The molecule has 2 rings (SSSR count). The SMILES string of the molecule is Cc1cnc(N=NC(C(=O)c2cccs2)C(=O)C(F)(F)F)s1. The van der Waals surface area contributed by atoms with Gasteiger partial charge in [-0.3, -0.25) is 9.59 Å². The van der Waals surface area contributed by atoms with Crippen LogP contribution in [-0.4, -0.2) is 28.8 Å². The molecule has 0 radical (unpaired) electrons. The van der Waals surface area contributed by atoms with Crippen LogP contribution in [-0.2, 0) is 4.79 Å². The summed E-state index contributed by atoms with van der Waals surface area (Å²) in [6.07, 6.45) is -3.71. The lowest BCUT2D eigenvalue weighted by molar-refractivity contribution is -0.171. The highest BCUT2D eigenvalue weighted by atomic mass is 32.1. The van der Waals surface area contributed by atoms with E-state index in [0.717, 1.165) is 27.6 Å². The minimum Gasteiger partial charge on any atom is -0.290 e. The summed E-state index contributed by atoms with van der Waals surface area (Å²) in [6, 6.07) is 0.573. The molecule has 1 atom stereocenters. The third-order valence-corrected chi connectivity index (χ3v) is 4.09. The molecule has 22 heavy (non-hydrogen) atoms. The van der Waals surface area contributed by atoms with Gasteiger partial charge in [0.1, 0.15) is 0 Å². The molecule has 0 spiro atoms. The number of ketones is 2. The minimum atomic E-state index is -5.17. The summed E-state index contributed by atoms with van der Waals surface area (Å²) in [5.74, 6) is -3.28. The number of rotatable bonds is 5. The summed E-state index contributed by atoms with van der Waals surface area (Å²) in [4.78, 5) is 28.0. The maximum Gasteiger partial charge on any atom is 0.452 e. The molecule has 0 saturated heterocycles. The Kier molecular flexibility index (Phi) is 4.81. The van der Waals surface area contributed by atoms with Crippen molar-refractivity contribution in [2.24, 2.45) is 10.2 Å². The van der Waals surface area contributed by atoms with Crippen molar-refractivity contribution in [3.63, 3.8) is 0 Å². The van der Waals surface area contributed by atoms with E-state index in [1.807, 2.05) is 0 Å². The van der Waals surface area contributed by atoms with Gasteiger partial charge in [0.05, 0.1) is 4.88 Å². The monoisotopic (exact) mass is 347 g/mol. The lowest BCUT2D eigenvalue weighted by Crippen LogP contribution is -2.38. The smallest absolute Gasteiger partial charge is 0.290 e. The molecule has 1 unspecified atom stereocenters. The first-order valence-corrected chi connectivity index (χ1v) is 7.50. The molecule has 0 aromatic carbocycles. The van der Waals surface area contributed by atoms with E-state index in [2.05, 4.69) is 15.2 Å². The van der Waals surface area contributed by atoms with Crippen LogP contribution in [0.4, 0.5) is 18.3 Å². The Hall–Kier alpha value is -1.94. The van der Waals surface area contributed by atoms with E-state index in [1.165, 1.54) is 23.7 Å². The molecule has 0 aliphatic heterocycles. The molecule has 2 aromatic rings. The van der Waals surface area contributed by atoms with Gasteiger partial charge in [-0.05, 0) is 18.4 Å². The molecule has 2 heterocycles. The van der Waals surface area contributed by atoms with Gasteiger partial charge in [-0.2, -0.15) is 18.3 Å². The number of nitrogens with zero attached hydrogens (tertiary/aromatic N) is 3. The zero-order chi connectivity index (χ0) is 16.3. The average molecular weight is 347 g/mol. The van der Waals surface area contributed by atoms with Gasteiger partial charge >= 0.3 is 6.18 Å². The van der Waals surface area contributed by atoms with E-state index in [0.29, 0.717) is 0 Å². The van der Waals surface area contributed by atoms with Gasteiger partial charge < -0.3 is 0 Å². The van der Waals surface area contributed by atoms with Crippen molar-refractivity contribution >= 4 is 39.4 Å². The van der Waals surface area contributed by atoms with Crippen molar-refractivity contribution in [1.82, 2.24) is 4.98 Å². The number of carbonyl (C=O) groups is 2. The Morgan fingerprint density at radius 1 is 1.36 bits per heavy atom. The van der Waals surface area contributed by atoms with Crippen molar-refractivity contribution in [2.45, 2.75) is 19.1 Å². The molecule has 0 aliphatic carbocycles. The van der Waals surface area contributed by atoms with Gasteiger partial charge in [0.25, 0.3) is 5.78 Å². The molecule has 2 aromatic heterocycles. The maximum atomic E-state index is 12.6. The van der Waals surface area contributed by atoms with Crippen molar-refractivity contribution in [2.75, 3.05) is 0 Å². The number of carbonyl (C=O) groups excluding carboxylic acids is 2. The van der Waals surface area contributed by atoms with Gasteiger partial charge in [-0.25, -0.2) is 4.98 Å². The topological polar surface area (TPSA) is 71.8 Å². The predicted octanol–water partition coefficient (Wildman–Crippen LogP) is 3.98. The molecular weight excluding hydrogens is 339 g/mol. The van der Waals surface area contributed by atoms with Gasteiger partial charge in [-0.15, -0.1) is 16.5 Å². The molecule has 0 aliphatic rings. The minimum absolute atomic E-state index is 0.0110. The Labute approximate surface area is 130 Å². The van der Waals surface area contributed by atoms with Crippen LogP contribution >= 0.6 is 22.7 Å². The first-order chi connectivity index (χ1) is 10.3. The van der Waals surface area contributed by atoms with E-state index in [1.54, 1.807) is 6.92 Å². The molecule has 0 fully saturated rings. The number of hydrogen-bond donors (Lipinski definition) is 0. The third-order valence-electron chi connectivity index (χ3n) is 2.41. The Morgan fingerprint density at radius 3 is 2.59 bits per heavy atom. The normalized spacial score (nSPS) is 13.5. The number of Topliss-reactive ketones (excluding diaryl/α,β-unsaturated/α-hetero) is 2. The highest BCUT2D eigenvalue weighted by molar-refractivity contribution is 7.15. The van der Waals surface area contributed by atoms with E-state index in [-0.39, 0.29) is 10.0 Å². The van der Waals surface area contributed by atoms with Crippen LogP contribution in [0.5, 0.6) is 0 Å². The van der Waals surface area contributed by atoms with Gasteiger partial charge in [0, 0.05) is 11.1 Å². The predicted molar refractivity (Wildman–Crippen MR) is 74.9 cm³/mol. The fraction of sp³-hybridized carbons (Fsp3) is 0.250. The summed E-state index contributed by atoms with van der Waals surface area (Å²) in [5, 5.41) is 8.38. The lowest BCUT2D eigenvalue weighted by atomic mass is 10.1. The van der Waals surface area contributed by atoms with Crippen molar-refractivity contribution in [3.8, 4) is 0 Å². The molecule has 5 nitrogen and oxygen atoms in total. The summed E-state index contributed by atoms with van der Waals surface area (Å²) in [5.41, 5.74) is 0. The van der Waals surface area contributed by atoms with Crippen LogP contribution in [0, 0.1) is 6.92 Å². The number of alkyl halides is 3. The Bertz CT molecular complexity index is 708. The molecular formula is C12H8F3N3O2S2. The summed E-state index contributed by atoms with van der Waals surface area (Å²) >= 11 is 2.01. The number of hydrogen-bond acceptors (Lipinski definition) is 7. The quantitative estimate of drug-likeness (QED) is 0.466. The number of aromatic nitrogens is 1. The van der Waals surface area contributed by atoms with Crippen molar-refractivity contribution < 1.29 is 22.8 Å². The van der Waals surface area contributed by atoms with Gasteiger partial charge in [0.15, 0.2) is 0 Å². The van der Waals surface area contributed by atoms with Crippen LogP contribution in [0.25, 0.3) is 0 Å². The van der Waals surface area contributed by atoms with E-state index in [9.17, 15) is 22.8 Å². The first kappa shape index (κ1) is 16.4. The number of halogens is 3. The molecule has 0 N–H and O–H groups in total. The van der Waals surface area contributed by atoms with Crippen LogP contribution in [0.1, 0.15) is 14.5 Å². The van der Waals surface area contributed by atoms with Crippen LogP contribution in [0.2, 0.25) is 0 Å². The Morgan fingerprint density at radius 2 is 2.09 bits per heavy atom. The van der Waals surface area contributed by atoms with Gasteiger partial charge in [0.2, 0.25) is 17.0 Å². The van der Waals surface area contributed by atoms with Crippen molar-refractivity contribution in [3.05, 3.63) is 33.5 Å². The maximum absolute atomic E-state index is 12.6. The summed E-state index contributed by atoms with van der Waals surface area (Å²) in [6.45, 7) is 1.73. The second kappa shape index (κ2) is 6.44. The second-order valence-electron chi connectivity index (χ2n) is 4.08. The molecule has 0 amide bonds. The number of thiophene rings is 1. The van der Waals surface area contributed by atoms with E-state index in [4.69, 9.17) is 0 Å². The number of azo groups is 1. The largest absolute Gasteiger partial charge is 0.452 e. The molecule has 0 bridgehead atoms. The fourth-order valence-corrected chi connectivity index (χ4v) is 2.70. The number of aryl methyl sites for hydroxylation is 1. The van der Waals surface area contributed by atoms with Crippen LogP contribution in [0.3, 0.4) is 0 Å². The summed E-state index contributed by atoms with van der Waals surface area (Å²) in [7, 11) is 0. The highest BCUT2D eigenvalue weighted by Gasteiger charge is 2.47. The zero-order valence-corrected chi connectivity index (χ0v) is 12.6. The Balaban J connectivity index is 2.31.